The van der Waals surface area contributed by atoms with Crippen LogP contribution in [0.2, 0.25) is 0 Å². The molecule has 2 N–H and O–H groups in total. The van der Waals surface area contributed by atoms with Crippen LogP contribution in [0.3, 0.4) is 0 Å². The molecule has 0 saturated carbocycles. The summed E-state index contributed by atoms with van der Waals surface area (Å²) in [4.78, 5) is 0. The molecule has 2 aromatic rings. The van der Waals surface area contributed by atoms with Crippen molar-refractivity contribution in [3.05, 3.63) is 36.0 Å². The Morgan fingerprint density at radius 2 is 2.00 bits per heavy atom. The number of nitrogens with one attached hydrogen (secondary N) is 2. The smallest absolute Gasteiger partial charge is 0.119 e. The van der Waals surface area contributed by atoms with E-state index in [2.05, 4.69) is 28.5 Å². The zero-order valence-corrected chi connectivity index (χ0v) is 12.0. The van der Waals surface area contributed by atoms with Crippen molar-refractivity contribution in [3.63, 3.8) is 0 Å². The van der Waals surface area contributed by atoms with Crippen LogP contribution < -0.4 is 10.1 Å². The van der Waals surface area contributed by atoms with Crippen molar-refractivity contribution in [2.24, 2.45) is 0 Å². The highest BCUT2D eigenvalue weighted by Crippen LogP contribution is 2.21. The predicted molar refractivity (Wildman–Crippen MR) is 78.8 cm³/mol. The highest BCUT2D eigenvalue weighted by atomic mass is 16.5. The maximum atomic E-state index is 5.53. The zero-order valence-electron chi connectivity index (χ0n) is 12.0. The van der Waals surface area contributed by atoms with Gasteiger partial charge in [-0.2, -0.15) is 5.10 Å². The number of hydrogen-bond donors (Lipinski definition) is 2. The SMILES string of the molecule is CCNCc1cc(-c2ccc(OCCOC)cc2)n[nH]1. The van der Waals surface area contributed by atoms with Crippen LogP contribution in [-0.2, 0) is 11.3 Å². The van der Waals surface area contributed by atoms with Gasteiger partial charge in [0.25, 0.3) is 0 Å². The van der Waals surface area contributed by atoms with Crippen LogP contribution >= 0.6 is 0 Å². The summed E-state index contributed by atoms with van der Waals surface area (Å²) in [5.74, 6) is 0.842. The monoisotopic (exact) mass is 275 g/mol. The van der Waals surface area contributed by atoms with E-state index in [0.29, 0.717) is 13.2 Å². The van der Waals surface area contributed by atoms with Crippen LogP contribution in [-0.4, -0.2) is 37.1 Å². The Balaban J connectivity index is 1.96. The molecule has 0 unspecified atom stereocenters. The Morgan fingerprint density at radius 3 is 2.70 bits per heavy atom. The molecule has 0 aliphatic heterocycles. The van der Waals surface area contributed by atoms with Crippen molar-refractivity contribution in [2.45, 2.75) is 13.5 Å². The molecule has 5 nitrogen and oxygen atoms in total. The van der Waals surface area contributed by atoms with Gasteiger partial charge in [0.15, 0.2) is 0 Å². The molecule has 1 heterocycles. The molecule has 0 amide bonds. The van der Waals surface area contributed by atoms with Crippen LogP contribution in [0.15, 0.2) is 30.3 Å². The molecule has 0 spiro atoms. The van der Waals surface area contributed by atoms with E-state index in [1.807, 2.05) is 24.3 Å². The number of hydrogen-bond acceptors (Lipinski definition) is 4. The number of rotatable bonds is 8. The Bertz CT molecular complexity index is 508. The summed E-state index contributed by atoms with van der Waals surface area (Å²) in [6, 6.07) is 9.97. The average Bonchev–Trinajstić information content (AvgIpc) is 2.95. The Hall–Kier alpha value is -1.85. The Morgan fingerprint density at radius 1 is 1.20 bits per heavy atom. The van der Waals surface area contributed by atoms with E-state index in [0.717, 1.165) is 35.8 Å². The Labute approximate surface area is 119 Å². The molecule has 2 rings (SSSR count). The zero-order chi connectivity index (χ0) is 14.2. The van der Waals surface area contributed by atoms with Crippen molar-refractivity contribution < 1.29 is 9.47 Å². The van der Waals surface area contributed by atoms with Gasteiger partial charge in [-0.1, -0.05) is 6.92 Å². The lowest BCUT2D eigenvalue weighted by atomic mass is 10.1. The van der Waals surface area contributed by atoms with E-state index in [4.69, 9.17) is 9.47 Å². The topological polar surface area (TPSA) is 59.2 Å². The van der Waals surface area contributed by atoms with Crippen LogP contribution in [0.1, 0.15) is 12.6 Å². The van der Waals surface area contributed by atoms with Gasteiger partial charge in [0, 0.05) is 24.9 Å². The summed E-state index contributed by atoms with van der Waals surface area (Å²) < 4.78 is 10.5. The fraction of sp³-hybridized carbons (Fsp3) is 0.400. The van der Waals surface area contributed by atoms with Gasteiger partial charge in [0.05, 0.1) is 12.3 Å². The predicted octanol–water partition coefficient (Wildman–Crippen LogP) is 2.21. The van der Waals surface area contributed by atoms with E-state index < -0.39 is 0 Å². The minimum atomic E-state index is 0.561. The molecule has 0 bridgehead atoms. The van der Waals surface area contributed by atoms with Gasteiger partial charge in [-0.05, 0) is 36.9 Å². The van der Waals surface area contributed by atoms with Crippen LogP contribution in [0, 0.1) is 0 Å². The molecule has 0 fully saturated rings. The minimum absolute atomic E-state index is 0.561. The first-order chi connectivity index (χ1) is 9.83. The number of nitrogens with zero attached hydrogens (tertiary/aromatic N) is 1. The van der Waals surface area contributed by atoms with Gasteiger partial charge >= 0.3 is 0 Å². The molecule has 1 aromatic carbocycles. The standard InChI is InChI=1S/C15H21N3O2/c1-3-16-11-13-10-15(18-17-13)12-4-6-14(7-5-12)20-9-8-19-2/h4-7,10,16H,3,8-9,11H2,1-2H3,(H,17,18). The summed E-state index contributed by atoms with van der Waals surface area (Å²) in [5, 5.41) is 10.6. The molecule has 0 aliphatic carbocycles. The van der Waals surface area contributed by atoms with Gasteiger partial charge in [-0.3, -0.25) is 5.10 Å². The van der Waals surface area contributed by atoms with Gasteiger partial charge in [0.1, 0.15) is 12.4 Å². The maximum absolute atomic E-state index is 5.53. The second-order valence-corrected chi connectivity index (χ2v) is 4.42. The number of ether oxygens (including phenoxy) is 2. The average molecular weight is 275 g/mol. The fourth-order valence-corrected chi connectivity index (χ4v) is 1.82. The fourth-order valence-electron chi connectivity index (χ4n) is 1.82. The largest absolute Gasteiger partial charge is 0.491 e. The third-order valence-electron chi connectivity index (χ3n) is 2.90. The van der Waals surface area contributed by atoms with Crippen LogP contribution in [0.25, 0.3) is 11.3 Å². The molecule has 0 aliphatic rings. The van der Waals surface area contributed by atoms with Crippen LogP contribution in [0.4, 0.5) is 0 Å². The first-order valence-electron chi connectivity index (χ1n) is 6.80. The quantitative estimate of drug-likeness (QED) is 0.725. The third kappa shape index (κ3) is 4.08. The summed E-state index contributed by atoms with van der Waals surface area (Å²) in [6.07, 6.45) is 0. The molecular formula is C15H21N3O2. The summed E-state index contributed by atoms with van der Waals surface area (Å²) in [6.45, 7) is 4.99. The number of benzene rings is 1. The highest BCUT2D eigenvalue weighted by Gasteiger charge is 2.04. The van der Waals surface area contributed by atoms with E-state index in [-0.39, 0.29) is 0 Å². The normalized spacial score (nSPS) is 10.7. The Kier molecular flexibility index (Phi) is 5.58. The molecular weight excluding hydrogens is 254 g/mol. The molecule has 0 saturated heterocycles. The molecule has 0 atom stereocenters. The van der Waals surface area contributed by atoms with Crippen molar-refractivity contribution in [2.75, 3.05) is 26.9 Å². The molecule has 5 heteroatoms. The maximum Gasteiger partial charge on any atom is 0.119 e. The lowest BCUT2D eigenvalue weighted by molar-refractivity contribution is 0.146. The van der Waals surface area contributed by atoms with E-state index in [1.54, 1.807) is 7.11 Å². The third-order valence-corrected chi connectivity index (χ3v) is 2.90. The van der Waals surface area contributed by atoms with Crippen molar-refractivity contribution in [3.8, 4) is 17.0 Å². The first kappa shape index (κ1) is 14.6. The van der Waals surface area contributed by atoms with Gasteiger partial charge < -0.3 is 14.8 Å². The lowest BCUT2D eigenvalue weighted by Crippen LogP contribution is -2.11. The van der Waals surface area contributed by atoms with E-state index >= 15 is 0 Å². The number of methoxy groups -OCH3 is 1. The molecule has 108 valence electrons. The summed E-state index contributed by atoms with van der Waals surface area (Å²) in [5.41, 5.74) is 3.10. The van der Waals surface area contributed by atoms with Crippen molar-refractivity contribution >= 4 is 0 Å². The number of aromatic amines is 1. The van der Waals surface area contributed by atoms with Gasteiger partial charge in [-0.15, -0.1) is 0 Å². The van der Waals surface area contributed by atoms with E-state index in [1.165, 1.54) is 0 Å². The van der Waals surface area contributed by atoms with Crippen molar-refractivity contribution in [1.82, 2.24) is 15.5 Å². The molecule has 1 aromatic heterocycles. The van der Waals surface area contributed by atoms with Gasteiger partial charge in [-0.25, -0.2) is 0 Å². The van der Waals surface area contributed by atoms with Crippen LogP contribution in [0.5, 0.6) is 5.75 Å². The molecule has 0 radical (unpaired) electrons. The second kappa shape index (κ2) is 7.67. The van der Waals surface area contributed by atoms with Crippen molar-refractivity contribution in [1.29, 1.82) is 0 Å². The first-order valence-corrected chi connectivity index (χ1v) is 6.80. The van der Waals surface area contributed by atoms with Gasteiger partial charge in [0.2, 0.25) is 0 Å². The lowest BCUT2D eigenvalue weighted by Gasteiger charge is -2.05. The number of aromatic nitrogens is 2. The second-order valence-electron chi connectivity index (χ2n) is 4.42. The molecule has 20 heavy (non-hydrogen) atoms. The minimum Gasteiger partial charge on any atom is -0.491 e. The van der Waals surface area contributed by atoms with E-state index in [9.17, 15) is 0 Å². The number of H-pyrrole nitrogens is 1. The summed E-state index contributed by atoms with van der Waals surface area (Å²) >= 11 is 0. The highest BCUT2D eigenvalue weighted by molar-refractivity contribution is 5.60. The summed E-state index contributed by atoms with van der Waals surface area (Å²) in [7, 11) is 1.66.